The highest BCUT2D eigenvalue weighted by molar-refractivity contribution is 5.81. The third-order valence-corrected chi connectivity index (χ3v) is 7.67. The lowest BCUT2D eigenvalue weighted by atomic mass is 9.88. The summed E-state index contributed by atoms with van der Waals surface area (Å²) < 4.78 is 5.89. The number of fused-ring (bicyclic) bond motifs is 4. The number of ether oxygens (including phenoxy) is 1. The first kappa shape index (κ1) is 21.3. The molecule has 0 bridgehead atoms. The third kappa shape index (κ3) is 3.77. The molecule has 5 nitrogen and oxygen atoms in total. The second-order valence-electron chi connectivity index (χ2n) is 9.42. The summed E-state index contributed by atoms with van der Waals surface area (Å²) in [6.45, 7) is 7.75. The van der Waals surface area contributed by atoms with E-state index in [-0.39, 0.29) is 0 Å². The Bertz CT molecular complexity index is 975. The fraction of sp³-hybridized carbons (Fsp3) is 0.519. The minimum absolute atomic E-state index is 0.434. The van der Waals surface area contributed by atoms with Gasteiger partial charge < -0.3 is 24.2 Å². The second-order valence-corrected chi connectivity index (χ2v) is 9.42. The first-order valence-corrected chi connectivity index (χ1v) is 12.2. The average Bonchev–Trinajstić information content (AvgIpc) is 3.42. The monoisotopic (exact) mass is 433 g/mol. The lowest BCUT2D eigenvalue weighted by Gasteiger charge is -2.38. The zero-order valence-electron chi connectivity index (χ0n) is 19.4. The molecule has 0 aliphatic carbocycles. The van der Waals surface area contributed by atoms with Gasteiger partial charge in [-0.15, -0.1) is 0 Å². The molecule has 5 heteroatoms. The molecule has 2 atom stereocenters. The van der Waals surface area contributed by atoms with Crippen LogP contribution in [-0.2, 0) is 17.6 Å². The molecule has 0 amide bonds. The Morgan fingerprint density at radius 3 is 2.94 bits per heavy atom. The van der Waals surface area contributed by atoms with Crippen molar-refractivity contribution in [2.24, 2.45) is 0 Å². The molecule has 0 spiro atoms. The molecule has 170 valence electrons. The van der Waals surface area contributed by atoms with Gasteiger partial charge in [-0.2, -0.15) is 0 Å². The molecule has 0 aromatic heterocycles. The number of aldehydes is 1. The molecule has 2 unspecified atom stereocenters. The van der Waals surface area contributed by atoms with Gasteiger partial charge in [-0.25, -0.2) is 0 Å². The number of carbonyl (C=O) groups is 1. The molecule has 0 radical (unpaired) electrons. The quantitative estimate of drug-likeness (QED) is 0.591. The smallest absolute Gasteiger partial charge is 0.139 e. The lowest BCUT2D eigenvalue weighted by molar-refractivity contribution is -0.106. The number of carbonyl (C=O) groups excluding carboxylic acids is 1. The van der Waals surface area contributed by atoms with Crippen molar-refractivity contribution < 1.29 is 9.53 Å². The topological polar surface area (TPSA) is 36.0 Å². The lowest BCUT2D eigenvalue weighted by Crippen LogP contribution is -2.47. The molecule has 3 heterocycles. The first-order valence-electron chi connectivity index (χ1n) is 12.2. The van der Waals surface area contributed by atoms with E-state index >= 15 is 0 Å². The van der Waals surface area contributed by atoms with Crippen LogP contribution in [0.3, 0.4) is 0 Å². The van der Waals surface area contributed by atoms with Crippen molar-refractivity contribution in [3.8, 4) is 5.75 Å². The zero-order chi connectivity index (χ0) is 22.1. The predicted molar refractivity (Wildman–Crippen MR) is 130 cm³/mol. The Morgan fingerprint density at radius 1 is 1.22 bits per heavy atom. The minimum atomic E-state index is 0.434. The molecule has 1 saturated heterocycles. The predicted octanol–water partition coefficient (Wildman–Crippen LogP) is 3.89. The molecule has 32 heavy (non-hydrogen) atoms. The Morgan fingerprint density at radius 2 is 2.09 bits per heavy atom. The van der Waals surface area contributed by atoms with Crippen LogP contribution in [0.25, 0.3) is 0 Å². The fourth-order valence-corrected chi connectivity index (χ4v) is 5.97. The SMILES string of the molecule is CCN(C)c1cccc2c1N(CC=O)C1CCN(CCCc3cccc4c3OCC4)CC21. The summed E-state index contributed by atoms with van der Waals surface area (Å²) in [7, 11) is 2.15. The van der Waals surface area contributed by atoms with E-state index in [2.05, 4.69) is 65.1 Å². The molecular formula is C27H35N3O2. The molecule has 5 rings (SSSR count). The summed E-state index contributed by atoms with van der Waals surface area (Å²) in [5.41, 5.74) is 6.71. The van der Waals surface area contributed by atoms with Crippen LogP contribution in [0.1, 0.15) is 42.4 Å². The minimum Gasteiger partial charge on any atom is -0.493 e. The van der Waals surface area contributed by atoms with Gasteiger partial charge in [-0.3, -0.25) is 0 Å². The summed E-state index contributed by atoms with van der Waals surface area (Å²) >= 11 is 0. The maximum Gasteiger partial charge on any atom is 0.139 e. The number of piperidine rings is 1. The fourth-order valence-electron chi connectivity index (χ4n) is 5.97. The van der Waals surface area contributed by atoms with Crippen LogP contribution in [0.4, 0.5) is 11.4 Å². The molecule has 1 fully saturated rings. The highest BCUT2D eigenvalue weighted by atomic mass is 16.5. The van der Waals surface area contributed by atoms with Gasteiger partial charge >= 0.3 is 0 Å². The number of aryl methyl sites for hydroxylation is 1. The van der Waals surface area contributed by atoms with Gasteiger partial charge in [0.05, 0.1) is 24.5 Å². The summed E-state index contributed by atoms with van der Waals surface area (Å²) in [4.78, 5) is 18.9. The van der Waals surface area contributed by atoms with Gasteiger partial charge in [0.25, 0.3) is 0 Å². The van der Waals surface area contributed by atoms with E-state index in [1.807, 2.05) is 0 Å². The van der Waals surface area contributed by atoms with Gasteiger partial charge in [-0.1, -0.05) is 30.3 Å². The van der Waals surface area contributed by atoms with Crippen LogP contribution in [-0.4, -0.2) is 63.6 Å². The maximum absolute atomic E-state index is 11.5. The number of hydrogen-bond donors (Lipinski definition) is 0. The van der Waals surface area contributed by atoms with Crippen molar-refractivity contribution in [3.05, 3.63) is 53.1 Å². The largest absolute Gasteiger partial charge is 0.493 e. The molecular weight excluding hydrogens is 398 g/mol. The molecule has 2 aromatic carbocycles. The molecule has 3 aliphatic rings. The zero-order valence-corrected chi connectivity index (χ0v) is 19.4. The van der Waals surface area contributed by atoms with Crippen LogP contribution in [0.5, 0.6) is 5.75 Å². The van der Waals surface area contributed by atoms with Gasteiger partial charge in [0, 0.05) is 45.1 Å². The van der Waals surface area contributed by atoms with E-state index in [0.29, 0.717) is 18.5 Å². The van der Waals surface area contributed by atoms with E-state index in [1.165, 1.54) is 28.1 Å². The van der Waals surface area contributed by atoms with E-state index in [4.69, 9.17) is 4.74 Å². The van der Waals surface area contributed by atoms with Crippen LogP contribution >= 0.6 is 0 Å². The summed E-state index contributed by atoms with van der Waals surface area (Å²) in [5.74, 6) is 1.63. The number of nitrogens with zero attached hydrogens (tertiary/aromatic N) is 3. The second kappa shape index (κ2) is 9.14. The van der Waals surface area contributed by atoms with E-state index in [1.54, 1.807) is 0 Å². The summed E-state index contributed by atoms with van der Waals surface area (Å²) in [5, 5.41) is 0. The molecule has 2 aromatic rings. The van der Waals surface area contributed by atoms with Crippen molar-refractivity contribution >= 4 is 17.7 Å². The Kier molecular flexibility index (Phi) is 6.09. The number of benzene rings is 2. The Balaban J connectivity index is 1.29. The standard InChI is InChI=1S/C27H35N3O2/c1-3-28(2)25-11-5-10-22-23-19-29(15-12-24(23)30(16-17-31)26(22)25)14-6-9-20-7-4-8-21-13-18-32-27(20)21/h4-5,7-8,10-11,17,23-24H,3,6,9,12-16,18-19H2,1-2H3. The van der Waals surface area contributed by atoms with E-state index in [9.17, 15) is 4.79 Å². The average molecular weight is 434 g/mol. The van der Waals surface area contributed by atoms with Gasteiger partial charge in [0.2, 0.25) is 0 Å². The van der Waals surface area contributed by atoms with Crippen LogP contribution in [0.2, 0.25) is 0 Å². The summed E-state index contributed by atoms with van der Waals surface area (Å²) in [6.07, 6.45) is 5.46. The van der Waals surface area contributed by atoms with Gasteiger partial charge in [-0.05, 0) is 55.5 Å². The van der Waals surface area contributed by atoms with Crippen molar-refractivity contribution in [2.45, 2.75) is 44.6 Å². The Labute approximate surface area is 191 Å². The number of para-hydroxylation sites is 2. The highest BCUT2D eigenvalue weighted by Gasteiger charge is 2.42. The van der Waals surface area contributed by atoms with E-state index in [0.717, 1.165) is 70.5 Å². The van der Waals surface area contributed by atoms with Crippen LogP contribution < -0.4 is 14.5 Å². The highest BCUT2D eigenvalue weighted by Crippen LogP contribution is 2.48. The van der Waals surface area contributed by atoms with Crippen LogP contribution in [0.15, 0.2) is 36.4 Å². The van der Waals surface area contributed by atoms with Crippen molar-refractivity contribution in [1.82, 2.24) is 4.90 Å². The van der Waals surface area contributed by atoms with Crippen molar-refractivity contribution in [2.75, 3.05) is 56.2 Å². The number of hydrogen-bond acceptors (Lipinski definition) is 5. The van der Waals surface area contributed by atoms with Crippen LogP contribution in [0, 0.1) is 0 Å². The maximum atomic E-state index is 11.5. The summed E-state index contributed by atoms with van der Waals surface area (Å²) in [6, 6.07) is 13.7. The molecule has 3 aliphatic heterocycles. The first-order chi connectivity index (χ1) is 15.7. The van der Waals surface area contributed by atoms with Gasteiger partial charge in [0.1, 0.15) is 12.0 Å². The normalized spacial score (nSPS) is 21.6. The van der Waals surface area contributed by atoms with Crippen molar-refractivity contribution in [1.29, 1.82) is 0 Å². The third-order valence-electron chi connectivity index (χ3n) is 7.67. The molecule has 0 saturated carbocycles. The number of likely N-dealkylation sites (tertiary alicyclic amines) is 1. The van der Waals surface area contributed by atoms with Crippen molar-refractivity contribution in [3.63, 3.8) is 0 Å². The number of rotatable bonds is 8. The number of anilines is 2. The Hall–Kier alpha value is -2.53. The van der Waals surface area contributed by atoms with E-state index < -0.39 is 0 Å². The van der Waals surface area contributed by atoms with Gasteiger partial charge in [0.15, 0.2) is 0 Å². The molecule has 0 N–H and O–H groups in total.